The van der Waals surface area contributed by atoms with Gasteiger partial charge in [0.1, 0.15) is 5.75 Å². The number of Topliss-reactive ketones (excluding diaryl/α,β-unsaturated/α-hetero) is 1. The van der Waals surface area contributed by atoms with Gasteiger partial charge < -0.3 is 14.4 Å². The van der Waals surface area contributed by atoms with Crippen molar-refractivity contribution in [3.05, 3.63) is 53.9 Å². The SMILES string of the molecule is Cn1ccc(C(=O)COc2cccc(CO)c2)c1. The van der Waals surface area contributed by atoms with E-state index in [4.69, 9.17) is 9.84 Å². The first-order valence-corrected chi connectivity index (χ1v) is 5.67. The van der Waals surface area contributed by atoms with E-state index in [0.717, 1.165) is 5.56 Å². The van der Waals surface area contributed by atoms with Crippen LogP contribution in [0.15, 0.2) is 42.7 Å². The van der Waals surface area contributed by atoms with Crippen molar-refractivity contribution in [1.82, 2.24) is 4.57 Å². The Labute approximate surface area is 105 Å². The molecule has 0 atom stereocenters. The minimum Gasteiger partial charge on any atom is -0.485 e. The Morgan fingerprint density at radius 2 is 2.22 bits per heavy atom. The second-order valence-corrected chi connectivity index (χ2v) is 4.08. The number of aromatic nitrogens is 1. The van der Waals surface area contributed by atoms with Crippen molar-refractivity contribution in [2.75, 3.05) is 6.61 Å². The Morgan fingerprint density at radius 3 is 2.89 bits per heavy atom. The molecular formula is C14H15NO3. The van der Waals surface area contributed by atoms with Crippen molar-refractivity contribution in [2.45, 2.75) is 6.61 Å². The van der Waals surface area contributed by atoms with Gasteiger partial charge in [0.05, 0.1) is 6.61 Å². The molecule has 4 heteroatoms. The molecule has 2 aromatic rings. The van der Waals surface area contributed by atoms with Crippen LogP contribution in [0.1, 0.15) is 15.9 Å². The number of ether oxygens (including phenoxy) is 1. The summed E-state index contributed by atoms with van der Waals surface area (Å²) in [4.78, 5) is 11.8. The van der Waals surface area contributed by atoms with Gasteiger partial charge in [-0.15, -0.1) is 0 Å². The van der Waals surface area contributed by atoms with E-state index in [1.807, 2.05) is 17.8 Å². The molecular weight excluding hydrogens is 230 g/mol. The molecule has 18 heavy (non-hydrogen) atoms. The number of aliphatic hydroxyl groups excluding tert-OH is 1. The first-order chi connectivity index (χ1) is 8.69. The van der Waals surface area contributed by atoms with Gasteiger partial charge in [0.2, 0.25) is 5.78 Å². The van der Waals surface area contributed by atoms with E-state index in [-0.39, 0.29) is 19.0 Å². The van der Waals surface area contributed by atoms with Crippen LogP contribution < -0.4 is 4.74 Å². The van der Waals surface area contributed by atoms with Crippen LogP contribution in [0.25, 0.3) is 0 Å². The van der Waals surface area contributed by atoms with Crippen LogP contribution in [0.3, 0.4) is 0 Å². The van der Waals surface area contributed by atoms with E-state index in [1.54, 1.807) is 36.5 Å². The van der Waals surface area contributed by atoms with Crippen LogP contribution in [0.4, 0.5) is 0 Å². The lowest BCUT2D eigenvalue weighted by atomic mass is 10.2. The van der Waals surface area contributed by atoms with Gasteiger partial charge in [-0.1, -0.05) is 12.1 Å². The summed E-state index contributed by atoms with van der Waals surface area (Å²) in [7, 11) is 1.86. The number of benzene rings is 1. The summed E-state index contributed by atoms with van der Waals surface area (Å²) in [6, 6.07) is 8.82. The van der Waals surface area contributed by atoms with Gasteiger partial charge in [0, 0.05) is 25.0 Å². The molecule has 1 aromatic carbocycles. The molecule has 0 bridgehead atoms. The molecule has 0 radical (unpaired) electrons. The Hall–Kier alpha value is -2.07. The fourth-order valence-corrected chi connectivity index (χ4v) is 1.63. The largest absolute Gasteiger partial charge is 0.485 e. The third-order valence-electron chi connectivity index (χ3n) is 2.60. The van der Waals surface area contributed by atoms with Gasteiger partial charge in [-0.2, -0.15) is 0 Å². The van der Waals surface area contributed by atoms with Crippen molar-refractivity contribution >= 4 is 5.78 Å². The summed E-state index contributed by atoms with van der Waals surface area (Å²) >= 11 is 0. The summed E-state index contributed by atoms with van der Waals surface area (Å²) in [6.07, 6.45) is 3.58. The minimum atomic E-state index is -0.0648. The summed E-state index contributed by atoms with van der Waals surface area (Å²) in [5.41, 5.74) is 1.40. The highest BCUT2D eigenvalue weighted by Crippen LogP contribution is 2.13. The minimum absolute atomic E-state index is 0.00110. The molecule has 0 saturated heterocycles. The van der Waals surface area contributed by atoms with Crippen molar-refractivity contribution in [3.8, 4) is 5.75 Å². The predicted molar refractivity (Wildman–Crippen MR) is 67.6 cm³/mol. The first-order valence-electron chi connectivity index (χ1n) is 5.67. The highest BCUT2D eigenvalue weighted by atomic mass is 16.5. The molecule has 0 fully saturated rings. The lowest BCUT2D eigenvalue weighted by Crippen LogP contribution is -2.11. The number of nitrogens with zero attached hydrogens (tertiary/aromatic N) is 1. The smallest absolute Gasteiger partial charge is 0.201 e. The molecule has 0 aliphatic heterocycles. The maximum Gasteiger partial charge on any atom is 0.201 e. The molecule has 4 nitrogen and oxygen atoms in total. The van der Waals surface area contributed by atoms with Gasteiger partial charge >= 0.3 is 0 Å². The maximum absolute atomic E-state index is 11.8. The highest BCUT2D eigenvalue weighted by molar-refractivity contribution is 5.97. The Balaban J connectivity index is 1.97. The van der Waals surface area contributed by atoms with Crippen molar-refractivity contribution in [1.29, 1.82) is 0 Å². The highest BCUT2D eigenvalue weighted by Gasteiger charge is 2.08. The van der Waals surface area contributed by atoms with Gasteiger partial charge in [-0.25, -0.2) is 0 Å². The van der Waals surface area contributed by atoms with E-state index >= 15 is 0 Å². The van der Waals surface area contributed by atoms with Crippen LogP contribution in [-0.2, 0) is 13.7 Å². The van der Waals surface area contributed by atoms with E-state index in [9.17, 15) is 4.79 Å². The Bertz CT molecular complexity index is 545. The van der Waals surface area contributed by atoms with E-state index < -0.39 is 0 Å². The number of carbonyl (C=O) groups is 1. The topological polar surface area (TPSA) is 51.5 Å². The fraction of sp³-hybridized carbons (Fsp3) is 0.214. The van der Waals surface area contributed by atoms with Crippen LogP contribution in [0, 0.1) is 0 Å². The number of rotatable bonds is 5. The summed E-state index contributed by atoms with van der Waals surface area (Å²) in [5.74, 6) is 0.524. The zero-order valence-corrected chi connectivity index (χ0v) is 10.2. The zero-order chi connectivity index (χ0) is 13.0. The lowest BCUT2D eigenvalue weighted by Gasteiger charge is -2.05. The molecule has 0 spiro atoms. The number of aryl methyl sites for hydroxylation is 1. The van der Waals surface area contributed by atoms with Crippen molar-refractivity contribution in [3.63, 3.8) is 0 Å². The first kappa shape index (κ1) is 12.4. The fourth-order valence-electron chi connectivity index (χ4n) is 1.63. The summed E-state index contributed by atoms with van der Waals surface area (Å²) < 4.78 is 7.22. The molecule has 0 aliphatic rings. The lowest BCUT2D eigenvalue weighted by molar-refractivity contribution is 0.0921. The molecule has 94 valence electrons. The third kappa shape index (κ3) is 2.99. The quantitative estimate of drug-likeness (QED) is 0.817. The average Bonchev–Trinajstić information content (AvgIpc) is 2.83. The van der Waals surface area contributed by atoms with Crippen molar-refractivity contribution < 1.29 is 14.6 Å². The summed E-state index contributed by atoms with van der Waals surface area (Å²) in [5, 5.41) is 8.99. The number of hydrogen-bond donors (Lipinski definition) is 1. The predicted octanol–water partition coefficient (Wildman–Crippen LogP) is 1.78. The monoisotopic (exact) mass is 245 g/mol. The normalized spacial score (nSPS) is 10.3. The average molecular weight is 245 g/mol. The number of aliphatic hydroxyl groups is 1. The van der Waals surface area contributed by atoms with Gasteiger partial charge in [-0.3, -0.25) is 4.79 Å². The van der Waals surface area contributed by atoms with E-state index in [0.29, 0.717) is 11.3 Å². The number of ketones is 1. The van der Waals surface area contributed by atoms with E-state index in [1.165, 1.54) is 0 Å². The van der Waals surface area contributed by atoms with E-state index in [2.05, 4.69) is 0 Å². The van der Waals surface area contributed by atoms with Crippen LogP contribution in [0.2, 0.25) is 0 Å². The number of hydrogen-bond acceptors (Lipinski definition) is 3. The summed E-state index contributed by atoms with van der Waals surface area (Å²) in [6.45, 7) is -0.0390. The zero-order valence-electron chi connectivity index (χ0n) is 10.2. The van der Waals surface area contributed by atoms with Gasteiger partial charge in [0.25, 0.3) is 0 Å². The van der Waals surface area contributed by atoms with Crippen molar-refractivity contribution in [2.24, 2.45) is 7.05 Å². The molecule has 1 aromatic heterocycles. The molecule has 0 amide bonds. The van der Waals surface area contributed by atoms with Gasteiger partial charge in [0.15, 0.2) is 6.61 Å². The Kier molecular flexibility index (Phi) is 3.79. The second-order valence-electron chi connectivity index (χ2n) is 4.08. The molecule has 0 unspecified atom stereocenters. The Morgan fingerprint density at radius 1 is 1.39 bits per heavy atom. The molecule has 0 saturated carbocycles. The molecule has 0 aliphatic carbocycles. The number of carbonyl (C=O) groups excluding carboxylic acids is 1. The third-order valence-corrected chi connectivity index (χ3v) is 2.60. The molecule has 1 N–H and O–H groups in total. The molecule has 1 heterocycles. The standard InChI is InChI=1S/C14H15NO3/c1-15-6-5-12(8-15)14(17)10-18-13-4-2-3-11(7-13)9-16/h2-8,16H,9-10H2,1H3. The maximum atomic E-state index is 11.8. The van der Waals surface area contributed by atoms with Crippen LogP contribution in [-0.4, -0.2) is 22.1 Å². The second kappa shape index (κ2) is 5.51. The van der Waals surface area contributed by atoms with Crippen LogP contribution in [0.5, 0.6) is 5.75 Å². The van der Waals surface area contributed by atoms with Gasteiger partial charge in [-0.05, 0) is 23.8 Å². The van der Waals surface area contributed by atoms with Crippen LogP contribution >= 0.6 is 0 Å². The molecule has 2 rings (SSSR count).